The molecule has 0 saturated heterocycles. The molecule has 134 valence electrons. The summed E-state index contributed by atoms with van der Waals surface area (Å²) in [5, 5.41) is 6.69. The second kappa shape index (κ2) is 7.30. The van der Waals surface area contributed by atoms with E-state index in [0.29, 0.717) is 11.4 Å². The summed E-state index contributed by atoms with van der Waals surface area (Å²) in [6, 6.07) is 16.8. The summed E-state index contributed by atoms with van der Waals surface area (Å²) >= 11 is 3.07. The average molecular weight is 393 g/mol. The number of anilines is 2. The SMILES string of the molecule is Cc1nc(N)c(-c2nc(-c3cccc(NC(=O)c4ccccc4)c3)cs2)s1. The molecule has 1 amide bonds. The van der Waals surface area contributed by atoms with Gasteiger partial charge in [0.2, 0.25) is 0 Å². The van der Waals surface area contributed by atoms with Crippen LogP contribution in [-0.2, 0) is 0 Å². The van der Waals surface area contributed by atoms with E-state index in [-0.39, 0.29) is 5.91 Å². The molecule has 2 aromatic carbocycles. The van der Waals surface area contributed by atoms with Gasteiger partial charge in [0.1, 0.15) is 15.7 Å². The number of rotatable bonds is 4. The van der Waals surface area contributed by atoms with Crippen LogP contribution in [0.3, 0.4) is 0 Å². The number of hydrogen-bond donors (Lipinski definition) is 2. The van der Waals surface area contributed by atoms with Crippen LogP contribution in [0.25, 0.3) is 21.1 Å². The van der Waals surface area contributed by atoms with Crippen molar-refractivity contribution in [2.45, 2.75) is 6.92 Å². The fourth-order valence-corrected chi connectivity index (χ4v) is 4.42. The van der Waals surface area contributed by atoms with Gasteiger partial charge in [0.25, 0.3) is 5.91 Å². The lowest BCUT2D eigenvalue weighted by atomic mass is 10.1. The minimum atomic E-state index is -0.139. The van der Waals surface area contributed by atoms with Crippen molar-refractivity contribution in [3.05, 3.63) is 70.5 Å². The topological polar surface area (TPSA) is 80.9 Å². The van der Waals surface area contributed by atoms with Crippen LogP contribution >= 0.6 is 22.7 Å². The number of nitrogens with one attached hydrogen (secondary N) is 1. The molecule has 27 heavy (non-hydrogen) atoms. The first-order chi connectivity index (χ1) is 13.1. The molecule has 0 aliphatic carbocycles. The van der Waals surface area contributed by atoms with Crippen molar-refractivity contribution in [3.63, 3.8) is 0 Å². The summed E-state index contributed by atoms with van der Waals surface area (Å²) in [6.07, 6.45) is 0. The van der Waals surface area contributed by atoms with E-state index in [1.165, 1.54) is 22.7 Å². The molecule has 3 N–H and O–H groups in total. The average Bonchev–Trinajstić information content (AvgIpc) is 3.29. The van der Waals surface area contributed by atoms with Crippen molar-refractivity contribution >= 4 is 40.1 Å². The third kappa shape index (κ3) is 3.74. The first-order valence-corrected chi connectivity index (χ1v) is 9.95. The van der Waals surface area contributed by atoms with Gasteiger partial charge < -0.3 is 11.1 Å². The quantitative estimate of drug-likeness (QED) is 0.508. The maximum atomic E-state index is 12.3. The molecule has 4 rings (SSSR count). The van der Waals surface area contributed by atoms with E-state index >= 15 is 0 Å². The molecule has 0 atom stereocenters. The predicted molar refractivity (Wildman–Crippen MR) is 112 cm³/mol. The number of hydrogen-bond acceptors (Lipinski definition) is 6. The van der Waals surface area contributed by atoms with Gasteiger partial charge in [-0.25, -0.2) is 9.97 Å². The van der Waals surface area contributed by atoms with Gasteiger partial charge in [-0.15, -0.1) is 22.7 Å². The van der Waals surface area contributed by atoms with Gasteiger partial charge in [0.15, 0.2) is 0 Å². The zero-order valence-corrected chi connectivity index (χ0v) is 16.1. The first-order valence-electron chi connectivity index (χ1n) is 8.26. The van der Waals surface area contributed by atoms with Gasteiger partial charge in [0, 0.05) is 22.2 Å². The van der Waals surface area contributed by atoms with E-state index in [2.05, 4.69) is 10.3 Å². The zero-order valence-electron chi connectivity index (χ0n) is 14.5. The summed E-state index contributed by atoms with van der Waals surface area (Å²) in [7, 11) is 0. The summed E-state index contributed by atoms with van der Waals surface area (Å²) in [6.45, 7) is 1.93. The first kappa shape index (κ1) is 17.4. The van der Waals surface area contributed by atoms with E-state index in [1.807, 2.05) is 54.8 Å². The third-order valence-electron chi connectivity index (χ3n) is 3.91. The lowest BCUT2D eigenvalue weighted by molar-refractivity contribution is 0.102. The summed E-state index contributed by atoms with van der Waals surface area (Å²) in [5.74, 6) is 0.377. The number of amides is 1. The van der Waals surface area contributed by atoms with Crippen LogP contribution in [-0.4, -0.2) is 15.9 Å². The van der Waals surface area contributed by atoms with Gasteiger partial charge in [-0.05, 0) is 31.2 Å². The monoisotopic (exact) mass is 392 g/mol. The van der Waals surface area contributed by atoms with Crippen molar-refractivity contribution in [2.24, 2.45) is 0 Å². The fraction of sp³-hybridized carbons (Fsp3) is 0.0500. The number of nitrogens with zero attached hydrogens (tertiary/aromatic N) is 2. The second-order valence-corrected chi connectivity index (χ2v) is 7.95. The van der Waals surface area contributed by atoms with Crippen LogP contribution in [0.2, 0.25) is 0 Å². The van der Waals surface area contributed by atoms with Crippen LogP contribution < -0.4 is 11.1 Å². The number of aromatic nitrogens is 2. The van der Waals surface area contributed by atoms with Crippen LogP contribution in [0.1, 0.15) is 15.4 Å². The molecule has 0 aliphatic rings. The molecule has 2 heterocycles. The number of benzene rings is 2. The Bertz CT molecular complexity index is 1100. The number of nitrogen functional groups attached to an aromatic ring is 1. The molecule has 7 heteroatoms. The molecule has 0 radical (unpaired) electrons. The van der Waals surface area contributed by atoms with E-state index in [0.717, 1.165) is 31.8 Å². The highest BCUT2D eigenvalue weighted by Gasteiger charge is 2.14. The van der Waals surface area contributed by atoms with E-state index in [4.69, 9.17) is 10.7 Å². The molecule has 0 saturated carbocycles. The molecule has 4 aromatic rings. The van der Waals surface area contributed by atoms with Gasteiger partial charge in [-0.2, -0.15) is 0 Å². The number of thiazole rings is 2. The number of carbonyl (C=O) groups excluding carboxylic acids is 1. The summed E-state index contributed by atoms with van der Waals surface area (Å²) in [4.78, 5) is 22.2. The van der Waals surface area contributed by atoms with Crippen molar-refractivity contribution < 1.29 is 4.79 Å². The van der Waals surface area contributed by atoms with Gasteiger partial charge in [-0.1, -0.05) is 30.3 Å². The second-order valence-electron chi connectivity index (χ2n) is 5.89. The van der Waals surface area contributed by atoms with Crippen LogP contribution in [0, 0.1) is 6.92 Å². The number of carbonyl (C=O) groups is 1. The minimum Gasteiger partial charge on any atom is -0.382 e. The molecular formula is C20H16N4OS2. The Balaban J connectivity index is 1.58. The van der Waals surface area contributed by atoms with Crippen molar-refractivity contribution in [1.29, 1.82) is 0 Å². The molecule has 0 bridgehead atoms. The molecule has 0 unspecified atom stereocenters. The molecule has 0 fully saturated rings. The fourth-order valence-electron chi connectivity index (χ4n) is 2.66. The van der Waals surface area contributed by atoms with Crippen LogP contribution in [0.5, 0.6) is 0 Å². The maximum absolute atomic E-state index is 12.3. The Labute approximate surface area is 164 Å². The smallest absolute Gasteiger partial charge is 0.255 e. The number of aryl methyl sites for hydroxylation is 1. The molecular weight excluding hydrogens is 376 g/mol. The summed E-state index contributed by atoms with van der Waals surface area (Å²) in [5.41, 5.74) is 9.10. The Morgan fingerprint density at radius 2 is 1.89 bits per heavy atom. The molecule has 0 spiro atoms. The maximum Gasteiger partial charge on any atom is 0.255 e. The Morgan fingerprint density at radius 3 is 2.63 bits per heavy atom. The molecule has 0 aliphatic heterocycles. The molecule has 2 aromatic heterocycles. The highest BCUT2D eigenvalue weighted by Crippen LogP contribution is 2.36. The van der Waals surface area contributed by atoms with E-state index < -0.39 is 0 Å². The lowest BCUT2D eigenvalue weighted by Gasteiger charge is -2.06. The lowest BCUT2D eigenvalue weighted by Crippen LogP contribution is -2.11. The third-order valence-corrected chi connectivity index (χ3v) is 5.89. The van der Waals surface area contributed by atoms with Crippen molar-refractivity contribution in [2.75, 3.05) is 11.1 Å². The standard InChI is InChI=1S/C20H16N4OS2/c1-12-22-18(21)17(27-12)20-24-16(11-26-20)14-8-5-9-15(10-14)23-19(25)13-6-3-2-4-7-13/h2-11H,21H2,1H3,(H,23,25). The van der Waals surface area contributed by atoms with Gasteiger partial charge >= 0.3 is 0 Å². The molecule has 5 nitrogen and oxygen atoms in total. The highest BCUT2D eigenvalue weighted by molar-refractivity contribution is 7.21. The van der Waals surface area contributed by atoms with Gasteiger partial charge in [0.05, 0.1) is 10.7 Å². The summed E-state index contributed by atoms with van der Waals surface area (Å²) < 4.78 is 0. The largest absolute Gasteiger partial charge is 0.382 e. The van der Waals surface area contributed by atoms with Crippen molar-refractivity contribution in [1.82, 2.24) is 9.97 Å². The van der Waals surface area contributed by atoms with Crippen molar-refractivity contribution in [3.8, 4) is 21.1 Å². The zero-order chi connectivity index (χ0) is 18.8. The van der Waals surface area contributed by atoms with Gasteiger partial charge in [-0.3, -0.25) is 4.79 Å². The van der Waals surface area contributed by atoms with Crippen LogP contribution in [0.15, 0.2) is 60.0 Å². The Hall–Kier alpha value is -3.03. The Morgan fingerprint density at radius 1 is 1.07 bits per heavy atom. The minimum absolute atomic E-state index is 0.139. The predicted octanol–water partition coefficient (Wildman–Crippen LogP) is 5.08. The normalized spacial score (nSPS) is 10.7. The van der Waals surface area contributed by atoms with E-state index in [1.54, 1.807) is 12.1 Å². The van der Waals surface area contributed by atoms with E-state index in [9.17, 15) is 4.79 Å². The number of nitrogens with two attached hydrogens (primary N) is 1. The van der Waals surface area contributed by atoms with Crippen LogP contribution in [0.4, 0.5) is 11.5 Å². The Kier molecular flexibility index (Phi) is 4.70. The highest BCUT2D eigenvalue weighted by atomic mass is 32.1.